The van der Waals surface area contributed by atoms with E-state index in [-0.39, 0.29) is 17.5 Å². The van der Waals surface area contributed by atoms with Crippen molar-refractivity contribution in [3.05, 3.63) is 0 Å². The van der Waals surface area contributed by atoms with Gasteiger partial charge in [-0.25, -0.2) is 0 Å². The summed E-state index contributed by atoms with van der Waals surface area (Å²) in [7, 11) is 0. The van der Waals surface area contributed by atoms with Crippen molar-refractivity contribution < 1.29 is 9.53 Å². The minimum atomic E-state index is -0.909. The molecule has 0 aliphatic carbocycles. The fourth-order valence-corrected chi connectivity index (χ4v) is 1.70. The molecule has 0 saturated carbocycles. The van der Waals surface area contributed by atoms with Gasteiger partial charge in [0.1, 0.15) is 11.6 Å². The van der Waals surface area contributed by atoms with Crippen LogP contribution in [0.4, 0.5) is 0 Å². The molecule has 0 aromatic carbocycles. The second-order valence-electron chi connectivity index (χ2n) is 5.88. The molecule has 0 heterocycles. The summed E-state index contributed by atoms with van der Waals surface area (Å²) in [5.41, 5.74) is 4.88. The molecule has 0 bridgehead atoms. The van der Waals surface area contributed by atoms with Crippen LogP contribution in [0, 0.1) is 5.41 Å². The SMILES string of the molecule is CCCCC(C)(CC)C(C)OC(=O)C(C)(C)N. The molecule has 0 aliphatic rings. The molecule has 102 valence electrons. The molecular weight excluding hydrogens is 214 g/mol. The smallest absolute Gasteiger partial charge is 0.325 e. The Hall–Kier alpha value is -0.570. The van der Waals surface area contributed by atoms with Crippen LogP contribution < -0.4 is 5.73 Å². The summed E-state index contributed by atoms with van der Waals surface area (Å²) in [5.74, 6) is -0.318. The highest BCUT2D eigenvalue weighted by molar-refractivity contribution is 5.79. The number of ether oxygens (including phenoxy) is 1. The molecule has 0 spiro atoms. The van der Waals surface area contributed by atoms with Crippen molar-refractivity contribution >= 4 is 5.97 Å². The van der Waals surface area contributed by atoms with Crippen LogP contribution in [0.5, 0.6) is 0 Å². The van der Waals surface area contributed by atoms with Gasteiger partial charge in [-0.15, -0.1) is 0 Å². The van der Waals surface area contributed by atoms with Crippen molar-refractivity contribution in [2.75, 3.05) is 0 Å². The zero-order valence-corrected chi connectivity index (χ0v) is 12.3. The van der Waals surface area contributed by atoms with Crippen molar-refractivity contribution in [3.63, 3.8) is 0 Å². The standard InChI is InChI=1S/C14H29NO2/c1-7-9-10-14(6,8-2)11(3)17-12(16)13(4,5)15/h11H,7-10,15H2,1-6H3. The topological polar surface area (TPSA) is 52.3 Å². The molecular formula is C14H29NO2. The van der Waals surface area contributed by atoms with Crippen LogP contribution in [0.3, 0.4) is 0 Å². The predicted octanol–water partition coefficient (Wildman–Crippen LogP) is 3.26. The second-order valence-corrected chi connectivity index (χ2v) is 5.88. The second kappa shape index (κ2) is 6.39. The molecule has 0 aromatic rings. The van der Waals surface area contributed by atoms with Crippen molar-refractivity contribution in [1.29, 1.82) is 0 Å². The summed E-state index contributed by atoms with van der Waals surface area (Å²) in [6.07, 6.45) is 4.33. The van der Waals surface area contributed by atoms with E-state index in [2.05, 4.69) is 20.8 Å². The Labute approximate surface area is 106 Å². The Morgan fingerprint density at radius 3 is 2.18 bits per heavy atom. The molecule has 0 saturated heterocycles. The van der Waals surface area contributed by atoms with Crippen LogP contribution >= 0.6 is 0 Å². The third-order valence-corrected chi connectivity index (χ3v) is 3.70. The van der Waals surface area contributed by atoms with Gasteiger partial charge < -0.3 is 10.5 Å². The van der Waals surface area contributed by atoms with Crippen LogP contribution in [0.2, 0.25) is 0 Å². The average molecular weight is 243 g/mol. The zero-order chi connectivity index (χ0) is 13.7. The summed E-state index contributed by atoms with van der Waals surface area (Å²) >= 11 is 0. The number of unbranched alkanes of at least 4 members (excludes halogenated alkanes) is 1. The molecule has 0 amide bonds. The van der Waals surface area contributed by atoms with Crippen LogP contribution in [0.15, 0.2) is 0 Å². The maximum atomic E-state index is 11.8. The van der Waals surface area contributed by atoms with E-state index >= 15 is 0 Å². The van der Waals surface area contributed by atoms with E-state index in [0.717, 1.165) is 19.3 Å². The largest absolute Gasteiger partial charge is 0.461 e. The lowest BCUT2D eigenvalue weighted by Gasteiger charge is -2.35. The highest BCUT2D eigenvalue weighted by atomic mass is 16.5. The monoisotopic (exact) mass is 243 g/mol. The van der Waals surface area contributed by atoms with Gasteiger partial charge in [-0.05, 0) is 33.6 Å². The third kappa shape index (κ3) is 5.07. The first-order valence-electron chi connectivity index (χ1n) is 6.67. The van der Waals surface area contributed by atoms with Crippen LogP contribution in [-0.2, 0) is 9.53 Å². The van der Waals surface area contributed by atoms with Gasteiger partial charge in [0.05, 0.1) is 0 Å². The predicted molar refractivity (Wildman–Crippen MR) is 71.7 cm³/mol. The molecule has 17 heavy (non-hydrogen) atoms. The minimum absolute atomic E-state index is 0.0525. The van der Waals surface area contributed by atoms with E-state index in [9.17, 15) is 4.79 Å². The van der Waals surface area contributed by atoms with Gasteiger partial charge in [-0.3, -0.25) is 4.79 Å². The number of nitrogens with two attached hydrogens (primary N) is 1. The molecule has 2 atom stereocenters. The lowest BCUT2D eigenvalue weighted by Crippen LogP contribution is -2.46. The first-order valence-corrected chi connectivity index (χ1v) is 6.67. The van der Waals surface area contributed by atoms with Crippen LogP contribution in [0.25, 0.3) is 0 Å². The molecule has 0 aromatic heterocycles. The van der Waals surface area contributed by atoms with Crippen LogP contribution in [0.1, 0.15) is 67.2 Å². The lowest BCUT2D eigenvalue weighted by molar-refractivity contribution is -0.160. The number of esters is 1. The summed E-state index contributed by atoms with van der Waals surface area (Å²) < 4.78 is 5.50. The average Bonchev–Trinajstić information content (AvgIpc) is 2.24. The molecule has 0 aliphatic heterocycles. The van der Waals surface area contributed by atoms with E-state index < -0.39 is 5.54 Å². The first kappa shape index (κ1) is 16.4. The van der Waals surface area contributed by atoms with Gasteiger partial charge >= 0.3 is 5.97 Å². The van der Waals surface area contributed by atoms with E-state index in [4.69, 9.17) is 10.5 Å². The zero-order valence-electron chi connectivity index (χ0n) is 12.3. The molecule has 0 rings (SSSR count). The number of carbonyl (C=O) groups is 1. The van der Waals surface area contributed by atoms with Gasteiger partial charge in [-0.2, -0.15) is 0 Å². The Kier molecular flexibility index (Phi) is 6.17. The van der Waals surface area contributed by atoms with Gasteiger partial charge in [0, 0.05) is 5.41 Å². The Morgan fingerprint density at radius 2 is 1.82 bits per heavy atom. The molecule has 3 heteroatoms. The van der Waals surface area contributed by atoms with Crippen molar-refractivity contribution in [1.82, 2.24) is 0 Å². The lowest BCUT2D eigenvalue weighted by atomic mass is 9.78. The van der Waals surface area contributed by atoms with E-state index in [1.165, 1.54) is 6.42 Å². The minimum Gasteiger partial charge on any atom is -0.461 e. The highest BCUT2D eigenvalue weighted by Crippen LogP contribution is 2.34. The van der Waals surface area contributed by atoms with Crippen molar-refractivity contribution in [3.8, 4) is 0 Å². The van der Waals surface area contributed by atoms with Gasteiger partial charge in [0.25, 0.3) is 0 Å². The normalized spacial score (nSPS) is 17.4. The van der Waals surface area contributed by atoms with Gasteiger partial charge in [0.2, 0.25) is 0 Å². The molecule has 2 unspecified atom stereocenters. The van der Waals surface area contributed by atoms with E-state index in [0.29, 0.717) is 0 Å². The summed E-state index contributed by atoms with van der Waals surface area (Å²) in [5, 5.41) is 0. The molecule has 2 N–H and O–H groups in total. The maximum Gasteiger partial charge on any atom is 0.325 e. The summed E-state index contributed by atoms with van der Waals surface area (Å²) in [6.45, 7) is 11.8. The number of hydrogen-bond acceptors (Lipinski definition) is 3. The van der Waals surface area contributed by atoms with Crippen molar-refractivity contribution in [2.45, 2.75) is 78.9 Å². The fourth-order valence-electron chi connectivity index (χ4n) is 1.70. The van der Waals surface area contributed by atoms with Gasteiger partial charge in [0.15, 0.2) is 0 Å². The number of rotatable bonds is 7. The van der Waals surface area contributed by atoms with Crippen molar-refractivity contribution in [2.24, 2.45) is 11.1 Å². The number of hydrogen-bond donors (Lipinski definition) is 1. The maximum absolute atomic E-state index is 11.8. The Balaban J connectivity index is 4.54. The fraction of sp³-hybridized carbons (Fsp3) is 0.929. The Morgan fingerprint density at radius 1 is 1.29 bits per heavy atom. The van der Waals surface area contributed by atoms with Crippen LogP contribution in [-0.4, -0.2) is 17.6 Å². The quantitative estimate of drug-likeness (QED) is 0.698. The first-order chi connectivity index (χ1) is 7.67. The third-order valence-electron chi connectivity index (χ3n) is 3.70. The number of carbonyl (C=O) groups excluding carboxylic acids is 1. The summed E-state index contributed by atoms with van der Waals surface area (Å²) in [6, 6.07) is 0. The summed E-state index contributed by atoms with van der Waals surface area (Å²) in [4.78, 5) is 11.8. The highest BCUT2D eigenvalue weighted by Gasteiger charge is 2.34. The molecule has 0 fully saturated rings. The van der Waals surface area contributed by atoms with E-state index in [1.54, 1.807) is 13.8 Å². The molecule has 0 radical (unpaired) electrons. The molecule has 3 nitrogen and oxygen atoms in total. The van der Waals surface area contributed by atoms with E-state index in [1.807, 2.05) is 6.92 Å². The Bertz CT molecular complexity index is 245. The van der Waals surface area contributed by atoms with Gasteiger partial charge in [-0.1, -0.05) is 33.6 Å².